The summed E-state index contributed by atoms with van der Waals surface area (Å²) in [4.78, 5) is 25.1. The number of carbonyl (C=O) groups is 1. The van der Waals surface area contributed by atoms with Gasteiger partial charge in [0.15, 0.2) is 0 Å². The molecule has 0 unspecified atom stereocenters. The van der Waals surface area contributed by atoms with E-state index in [1.165, 1.54) is 4.57 Å². The van der Waals surface area contributed by atoms with E-state index in [-0.39, 0.29) is 17.1 Å². The molecule has 8 nitrogen and oxygen atoms in total. The second kappa shape index (κ2) is 9.47. The predicted octanol–water partition coefficient (Wildman–Crippen LogP) is 3.55. The second-order valence-electron chi connectivity index (χ2n) is 7.48. The molecule has 2 aromatic carbocycles. The van der Waals surface area contributed by atoms with Crippen LogP contribution in [0.4, 0.5) is 5.69 Å². The highest BCUT2D eigenvalue weighted by atomic mass is 16.5. The Hall–Kier alpha value is -3.94. The van der Waals surface area contributed by atoms with Crippen LogP contribution in [0.5, 0.6) is 5.75 Å². The molecule has 2 aromatic heterocycles. The molecular formula is C24H25N5O3. The number of nitrogens with one attached hydrogen (secondary N) is 1. The van der Waals surface area contributed by atoms with Crippen molar-refractivity contribution in [3.8, 4) is 11.4 Å². The number of rotatable bonds is 8. The van der Waals surface area contributed by atoms with Crippen LogP contribution in [0.3, 0.4) is 0 Å². The zero-order valence-electron chi connectivity index (χ0n) is 18.1. The zero-order valence-corrected chi connectivity index (χ0v) is 18.1. The summed E-state index contributed by atoms with van der Waals surface area (Å²) in [6.07, 6.45) is 4.96. The van der Waals surface area contributed by atoms with Gasteiger partial charge in [-0.15, -0.1) is 10.2 Å². The lowest BCUT2D eigenvalue weighted by Gasteiger charge is -2.08. The minimum atomic E-state index is -0.257. The van der Waals surface area contributed by atoms with Gasteiger partial charge in [-0.25, -0.2) is 0 Å². The van der Waals surface area contributed by atoms with Gasteiger partial charge < -0.3 is 10.1 Å². The molecule has 0 radical (unpaired) electrons. The van der Waals surface area contributed by atoms with Crippen LogP contribution in [0.1, 0.15) is 31.2 Å². The van der Waals surface area contributed by atoms with Gasteiger partial charge in [-0.3, -0.25) is 18.6 Å². The average molecular weight is 431 g/mol. The number of anilines is 1. The van der Waals surface area contributed by atoms with Crippen molar-refractivity contribution in [2.75, 3.05) is 11.9 Å². The Labute approximate surface area is 185 Å². The lowest BCUT2D eigenvalue weighted by atomic mass is 10.2. The van der Waals surface area contributed by atoms with Crippen molar-refractivity contribution in [2.45, 2.75) is 33.1 Å². The third-order valence-corrected chi connectivity index (χ3v) is 5.11. The summed E-state index contributed by atoms with van der Waals surface area (Å²) in [5.41, 5.74) is 2.64. The summed E-state index contributed by atoms with van der Waals surface area (Å²) >= 11 is 0. The summed E-state index contributed by atoms with van der Waals surface area (Å²) < 4.78 is 8.66. The fraction of sp³-hybridized carbons (Fsp3) is 0.250. The van der Waals surface area contributed by atoms with E-state index >= 15 is 0 Å². The van der Waals surface area contributed by atoms with Crippen LogP contribution in [0.15, 0.2) is 65.7 Å². The molecular weight excluding hydrogens is 406 g/mol. The Balaban J connectivity index is 1.42. The van der Waals surface area contributed by atoms with Crippen LogP contribution in [-0.4, -0.2) is 31.7 Å². The molecule has 0 fully saturated rings. The molecule has 0 saturated carbocycles. The number of benzene rings is 2. The van der Waals surface area contributed by atoms with Gasteiger partial charge in [0.25, 0.3) is 0 Å². The Morgan fingerprint density at radius 3 is 2.50 bits per heavy atom. The Bertz CT molecular complexity index is 1270. The van der Waals surface area contributed by atoms with Crippen LogP contribution < -0.4 is 15.6 Å². The highest BCUT2D eigenvalue weighted by Gasteiger charge is 2.12. The molecule has 0 saturated heterocycles. The Morgan fingerprint density at radius 2 is 1.78 bits per heavy atom. The number of ether oxygens (including phenoxy) is 1. The molecule has 0 atom stereocenters. The number of aryl methyl sites for hydroxylation is 2. The van der Waals surface area contributed by atoms with E-state index in [2.05, 4.69) is 15.5 Å². The molecule has 0 spiro atoms. The highest BCUT2D eigenvalue weighted by Crippen LogP contribution is 2.15. The average Bonchev–Trinajstić information content (AvgIpc) is 3.20. The first-order valence-corrected chi connectivity index (χ1v) is 10.6. The SMILES string of the molecule is CCOc1ccc(-n2ccn3c(CCCC(=O)Nc4ccc(C)cc4)nnc3c2=O)cc1. The van der Waals surface area contributed by atoms with Gasteiger partial charge in [-0.2, -0.15) is 0 Å². The highest BCUT2D eigenvalue weighted by molar-refractivity contribution is 5.90. The summed E-state index contributed by atoms with van der Waals surface area (Å²) in [5, 5.41) is 11.1. The summed E-state index contributed by atoms with van der Waals surface area (Å²) in [6, 6.07) is 15.0. The van der Waals surface area contributed by atoms with E-state index in [4.69, 9.17) is 4.74 Å². The smallest absolute Gasteiger partial charge is 0.300 e. The maximum atomic E-state index is 12.9. The van der Waals surface area contributed by atoms with Crippen molar-refractivity contribution >= 4 is 17.2 Å². The largest absolute Gasteiger partial charge is 0.494 e. The molecule has 0 bridgehead atoms. The van der Waals surface area contributed by atoms with E-state index in [1.807, 2.05) is 62.4 Å². The third kappa shape index (κ3) is 4.69. The molecule has 164 valence electrons. The van der Waals surface area contributed by atoms with Crippen molar-refractivity contribution in [1.29, 1.82) is 0 Å². The monoisotopic (exact) mass is 431 g/mol. The van der Waals surface area contributed by atoms with Gasteiger partial charge in [0.1, 0.15) is 11.6 Å². The predicted molar refractivity (Wildman–Crippen MR) is 122 cm³/mol. The molecule has 0 aliphatic carbocycles. The van der Waals surface area contributed by atoms with Gasteiger partial charge >= 0.3 is 5.56 Å². The minimum absolute atomic E-state index is 0.0551. The van der Waals surface area contributed by atoms with Gasteiger partial charge in [0, 0.05) is 36.6 Å². The number of carbonyl (C=O) groups excluding carboxylic acids is 1. The molecule has 0 aliphatic heterocycles. The number of amides is 1. The Kier molecular flexibility index (Phi) is 6.30. The first-order chi connectivity index (χ1) is 15.5. The second-order valence-corrected chi connectivity index (χ2v) is 7.48. The van der Waals surface area contributed by atoms with E-state index in [1.54, 1.807) is 16.8 Å². The van der Waals surface area contributed by atoms with Crippen LogP contribution in [0.2, 0.25) is 0 Å². The van der Waals surface area contributed by atoms with Crippen LogP contribution in [0.25, 0.3) is 11.3 Å². The maximum Gasteiger partial charge on any atom is 0.300 e. The van der Waals surface area contributed by atoms with Gasteiger partial charge in [0.05, 0.1) is 6.61 Å². The number of hydrogen-bond acceptors (Lipinski definition) is 5. The molecule has 1 amide bonds. The molecule has 1 N–H and O–H groups in total. The van der Waals surface area contributed by atoms with Crippen LogP contribution >= 0.6 is 0 Å². The number of fused-ring (bicyclic) bond motifs is 1. The maximum absolute atomic E-state index is 12.9. The lowest BCUT2D eigenvalue weighted by Crippen LogP contribution is -2.20. The molecule has 0 aliphatic rings. The first-order valence-electron chi connectivity index (χ1n) is 10.6. The van der Waals surface area contributed by atoms with Crippen molar-refractivity contribution in [1.82, 2.24) is 19.2 Å². The lowest BCUT2D eigenvalue weighted by molar-refractivity contribution is -0.116. The van der Waals surface area contributed by atoms with Crippen LogP contribution in [-0.2, 0) is 11.2 Å². The summed E-state index contributed by atoms with van der Waals surface area (Å²) in [5.74, 6) is 1.35. The van der Waals surface area contributed by atoms with Crippen LogP contribution in [0, 0.1) is 6.92 Å². The third-order valence-electron chi connectivity index (χ3n) is 5.11. The quantitative estimate of drug-likeness (QED) is 0.461. The van der Waals surface area contributed by atoms with E-state index in [0.717, 1.165) is 22.7 Å². The van der Waals surface area contributed by atoms with Crippen molar-refractivity contribution in [3.05, 3.63) is 82.7 Å². The topological polar surface area (TPSA) is 90.5 Å². The molecule has 32 heavy (non-hydrogen) atoms. The molecule has 4 aromatic rings. The standard InChI is InChI=1S/C24H25N5O3/c1-3-32-20-13-11-19(12-14-20)28-15-16-29-21(26-27-23(29)24(28)31)5-4-6-22(30)25-18-9-7-17(2)8-10-18/h7-16H,3-6H2,1-2H3,(H,25,30). The van der Waals surface area contributed by atoms with E-state index in [9.17, 15) is 9.59 Å². The molecule has 2 heterocycles. The van der Waals surface area contributed by atoms with Crippen molar-refractivity contribution < 1.29 is 9.53 Å². The van der Waals surface area contributed by atoms with E-state index < -0.39 is 0 Å². The first kappa shape index (κ1) is 21.3. The fourth-order valence-electron chi connectivity index (χ4n) is 3.45. The van der Waals surface area contributed by atoms with E-state index in [0.29, 0.717) is 31.7 Å². The molecule has 4 rings (SSSR count). The fourth-order valence-corrected chi connectivity index (χ4v) is 3.45. The van der Waals surface area contributed by atoms with Gasteiger partial charge in [-0.05, 0) is 56.7 Å². The number of nitrogens with zero attached hydrogens (tertiary/aromatic N) is 4. The summed E-state index contributed by atoms with van der Waals surface area (Å²) in [7, 11) is 0. The number of aromatic nitrogens is 4. The van der Waals surface area contributed by atoms with Gasteiger partial charge in [0.2, 0.25) is 11.6 Å². The van der Waals surface area contributed by atoms with Gasteiger partial charge in [-0.1, -0.05) is 17.7 Å². The molecule has 8 heteroatoms. The normalized spacial score (nSPS) is 10.9. The zero-order chi connectivity index (χ0) is 22.5. The number of hydrogen-bond donors (Lipinski definition) is 1. The van der Waals surface area contributed by atoms with Crippen molar-refractivity contribution in [2.24, 2.45) is 0 Å². The Morgan fingerprint density at radius 1 is 1.03 bits per heavy atom. The summed E-state index contributed by atoms with van der Waals surface area (Å²) in [6.45, 7) is 4.51. The van der Waals surface area contributed by atoms with Crippen molar-refractivity contribution in [3.63, 3.8) is 0 Å². The minimum Gasteiger partial charge on any atom is -0.494 e.